The second-order valence-corrected chi connectivity index (χ2v) is 21.3. The number of carbonyl (C=O) groups excluding carboxylic acids is 1. The minimum atomic E-state index is -4.63. The zero-order chi connectivity index (χ0) is 53.5. The highest BCUT2D eigenvalue weighted by Gasteiger charge is 2.23. The molecule has 0 radical (unpaired) electrons. The van der Waals surface area contributed by atoms with Crippen LogP contribution in [0.3, 0.4) is 0 Å². The molecule has 0 aliphatic heterocycles. The SMILES string of the molecule is CC/C=C\C/C=C\C/C=C\C/C=C\C/C=C\C/C=C\C/C=C\C/C=C\C/C=C\CCCCCCCC(=O)NC(COP(=O)([O-])OCC[N+](C)(C)C)C(O)/C=C/CC/C=C/CC/C=C/CCCCCCCCCC. The molecule has 414 valence electrons. The van der Waals surface area contributed by atoms with E-state index in [4.69, 9.17) is 9.05 Å². The van der Waals surface area contributed by atoms with Crippen LogP contribution < -0.4 is 10.2 Å². The van der Waals surface area contributed by atoms with Crippen molar-refractivity contribution in [2.75, 3.05) is 40.9 Å². The van der Waals surface area contributed by atoms with Crippen molar-refractivity contribution in [1.29, 1.82) is 0 Å². The third-order valence-corrected chi connectivity index (χ3v) is 12.7. The fourth-order valence-corrected chi connectivity index (χ4v) is 8.02. The number of hydrogen-bond acceptors (Lipinski definition) is 6. The topological polar surface area (TPSA) is 108 Å². The van der Waals surface area contributed by atoms with Crippen molar-refractivity contribution in [3.05, 3.63) is 146 Å². The van der Waals surface area contributed by atoms with Crippen molar-refractivity contribution in [3.63, 3.8) is 0 Å². The van der Waals surface area contributed by atoms with Gasteiger partial charge in [0.1, 0.15) is 13.2 Å². The number of rotatable bonds is 50. The molecule has 9 heteroatoms. The average Bonchev–Trinajstić information content (AvgIpc) is 3.35. The van der Waals surface area contributed by atoms with E-state index in [0.717, 1.165) is 122 Å². The number of likely N-dealkylation sites (N-methyl/N-ethyl adjacent to an activating group) is 1. The zero-order valence-electron chi connectivity index (χ0n) is 47.0. The first-order chi connectivity index (χ1) is 35.5. The van der Waals surface area contributed by atoms with E-state index < -0.39 is 26.6 Å². The number of aliphatic hydroxyl groups is 1. The Hall–Kier alpha value is -3.62. The molecule has 0 heterocycles. The molecular formula is C64H107N2O6P. The van der Waals surface area contributed by atoms with Crippen LogP contribution in [0.2, 0.25) is 0 Å². The molecule has 0 bridgehead atoms. The summed E-state index contributed by atoms with van der Waals surface area (Å²) in [4.78, 5) is 25.5. The van der Waals surface area contributed by atoms with Gasteiger partial charge in [0.05, 0.1) is 39.9 Å². The second-order valence-electron chi connectivity index (χ2n) is 19.9. The Bertz CT molecular complexity index is 1690. The lowest BCUT2D eigenvalue weighted by molar-refractivity contribution is -0.870. The van der Waals surface area contributed by atoms with E-state index in [0.29, 0.717) is 17.4 Å². The Morgan fingerprint density at radius 2 is 0.849 bits per heavy atom. The molecule has 73 heavy (non-hydrogen) atoms. The minimum absolute atomic E-state index is 0.0216. The molecule has 0 aromatic carbocycles. The molecule has 0 aliphatic carbocycles. The molecule has 3 atom stereocenters. The molecule has 1 amide bonds. The summed E-state index contributed by atoms with van der Waals surface area (Å²) in [5, 5.41) is 13.8. The predicted octanol–water partition coefficient (Wildman–Crippen LogP) is 17.1. The molecule has 0 saturated heterocycles. The number of unbranched alkanes of at least 4 members (excludes halogenated alkanes) is 15. The number of phosphoric acid groups is 1. The van der Waals surface area contributed by atoms with Crippen LogP contribution in [0.4, 0.5) is 0 Å². The summed E-state index contributed by atoms with van der Waals surface area (Å²) in [5.41, 5.74) is 0. The number of aliphatic hydroxyl groups excluding tert-OH is 1. The van der Waals surface area contributed by atoms with Gasteiger partial charge in [0.15, 0.2) is 0 Å². The minimum Gasteiger partial charge on any atom is -0.756 e. The molecule has 0 fully saturated rings. The molecule has 2 N–H and O–H groups in total. The van der Waals surface area contributed by atoms with Gasteiger partial charge in [-0.2, -0.15) is 0 Å². The van der Waals surface area contributed by atoms with Gasteiger partial charge in [-0.25, -0.2) is 0 Å². The predicted molar refractivity (Wildman–Crippen MR) is 315 cm³/mol. The summed E-state index contributed by atoms with van der Waals surface area (Å²) in [5.74, 6) is -0.237. The van der Waals surface area contributed by atoms with Gasteiger partial charge >= 0.3 is 0 Å². The number of nitrogens with zero attached hydrogens (tertiary/aromatic N) is 1. The van der Waals surface area contributed by atoms with Gasteiger partial charge in [-0.15, -0.1) is 0 Å². The summed E-state index contributed by atoms with van der Waals surface area (Å²) in [7, 11) is 1.20. The quantitative estimate of drug-likeness (QED) is 0.0272. The highest BCUT2D eigenvalue weighted by molar-refractivity contribution is 7.45. The van der Waals surface area contributed by atoms with Gasteiger partial charge in [0.25, 0.3) is 7.82 Å². The number of carbonyl (C=O) groups is 1. The molecule has 0 aromatic heterocycles. The highest BCUT2D eigenvalue weighted by atomic mass is 31.2. The van der Waals surface area contributed by atoms with Gasteiger partial charge in [-0.05, 0) is 116 Å². The van der Waals surface area contributed by atoms with Gasteiger partial charge < -0.3 is 28.8 Å². The largest absolute Gasteiger partial charge is 0.756 e. The van der Waals surface area contributed by atoms with Gasteiger partial charge in [0.2, 0.25) is 5.91 Å². The fraction of sp³-hybridized carbons (Fsp3) is 0.609. The molecular weight excluding hydrogens is 924 g/mol. The van der Waals surface area contributed by atoms with Gasteiger partial charge in [0, 0.05) is 6.42 Å². The standard InChI is InChI=1S/C64H107N2O6P/c1-6-8-10-12-14-16-18-20-22-24-26-27-28-29-30-31-32-33-34-35-36-37-38-39-40-42-44-46-48-50-52-54-56-58-64(68)65-62(61-72-73(69,70)71-60-59-66(3,4)5)63(67)57-55-53-51-49-47-45-43-41-25-23-21-19-17-15-13-11-9-7-2/h8,10,14,16,20,22,25-27,29-30,32-33,35-36,38-39,41-42,44,47,49,55,57,62-63,67H,6-7,9,11-13,15,17-19,21,23-24,28,31,34,37,40,43,45-46,48,50-54,56,58-61H2,1-5H3,(H-,65,68,69,70)/b10-8-,16-14-,22-20-,27-26-,30-29-,33-32-,36-35-,39-38-,41-25+,44-42-,49-47+,57-55+. The van der Waals surface area contributed by atoms with Crippen LogP contribution in [0.25, 0.3) is 0 Å². The van der Waals surface area contributed by atoms with Crippen LogP contribution in [0.15, 0.2) is 146 Å². The molecule has 0 saturated carbocycles. The van der Waals surface area contributed by atoms with Crippen LogP contribution in [0, 0.1) is 0 Å². The number of hydrogen-bond donors (Lipinski definition) is 2. The van der Waals surface area contributed by atoms with Crippen LogP contribution in [0.1, 0.15) is 200 Å². The van der Waals surface area contributed by atoms with E-state index in [1.54, 1.807) is 6.08 Å². The third kappa shape index (κ3) is 56.0. The van der Waals surface area contributed by atoms with Crippen LogP contribution in [-0.2, 0) is 18.4 Å². The van der Waals surface area contributed by atoms with Gasteiger partial charge in [-0.1, -0.05) is 224 Å². The van der Waals surface area contributed by atoms with Crippen molar-refractivity contribution < 1.29 is 32.9 Å². The molecule has 3 unspecified atom stereocenters. The number of amides is 1. The number of phosphoric ester groups is 1. The Balaban J connectivity index is 4.35. The molecule has 0 aromatic rings. The van der Waals surface area contributed by atoms with E-state index in [1.165, 1.54) is 57.8 Å². The maximum absolute atomic E-state index is 13.0. The van der Waals surface area contributed by atoms with Crippen LogP contribution >= 0.6 is 7.82 Å². The summed E-state index contributed by atoms with van der Waals surface area (Å²) in [6.07, 6.45) is 82.1. The van der Waals surface area contributed by atoms with Crippen molar-refractivity contribution in [2.45, 2.75) is 212 Å². The lowest BCUT2D eigenvalue weighted by Crippen LogP contribution is -2.45. The Labute approximate surface area is 449 Å². The summed E-state index contributed by atoms with van der Waals surface area (Å²) in [6.45, 7) is 4.46. The second kappa shape index (κ2) is 53.2. The van der Waals surface area contributed by atoms with Crippen molar-refractivity contribution >= 4 is 13.7 Å². The fourth-order valence-electron chi connectivity index (χ4n) is 7.29. The van der Waals surface area contributed by atoms with E-state index >= 15 is 0 Å². The first-order valence-electron chi connectivity index (χ1n) is 28.7. The first kappa shape index (κ1) is 69.4. The monoisotopic (exact) mass is 1030 g/mol. The molecule has 0 rings (SSSR count). The molecule has 0 aliphatic rings. The Kier molecular flexibility index (Phi) is 50.6. The summed E-state index contributed by atoms with van der Waals surface area (Å²) < 4.78 is 23.3. The highest BCUT2D eigenvalue weighted by Crippen LogP contribution is 2.38. The van der Waals surface area contributed by atoms with E-state index in [9.17, 15) is 19.4 Å². The number of allylic oxidation sites excluding steroid dienone is 23. The molecule has 8 nitrogen and oxygen atoms in total. The summed E-state index contributed by atoms with van der Waals surface area (Å²) in [6, 6.07) is -0.932. The molecule has 0 spiro atoms. The lowest BCUT2D eigenvalue weighted by atomic mass is 10.1. The van der Waals surface area contributed by atoms with E-state index in [2.05, 4.69) is 153 Å². The van der Waals surface area contributed by atoms with E-state index in [1.807, 2.05) is 27.2 Å². The number of nitrogens with one attached hydrogen (secondary N) is 1. The van der Waals surface area contributed by atoms with Crippen LogP contribution in [0.5, 0.6) is 0 Å². The zero-order valence-corrected chi connectivity index (χ0v) is 47.9. The number of quaternary nitrogens is 1. The van der Waals surface area contributed by atoms with Crippen molar-refractivity contribution in [2.24, 2.45) is 0 Å². The smallest absolute Gasteiger partial charge is 0.268 e. The third-order valence-electron chi connectivity index (χ3n) is 11.8. The van der Waals surface area contributed by atoms with Gasteiger partial charge in [-0.3, -0.25) is 9.36 Å². The van der Waals surface area contributed by atoms with E-state index in [-0.39, 0.29) is 12.5 Å². The Morgan fingerprint density at radius 3 is 1.27 bits per heavy atom. The lowest BCUT2D eigenvalue weighted by Gasteiger charge is -2.29. The Morgan fingerprint density at radius 1 is 0.493 bits per heavy atom. The van der Waals surface area contributed by atoms with Crippen molar-refractivity contribution in [3.8, 4) is 0 Å². The normalized spacial score (nSPS) is 15.0. The first-order valence-corrected chi connectivity index (χ1v) is 30.2. The maximum atomic E-state index is 13.0. The maximum Gasteiger partial charge on any atom is 0.268 e. The average molecular weight is 1030 g/mol. The summed E-state index contributed by atoms with van der Waals surface area (Å²) >= 11 is 0. The van der Waals surface area contributed by atoms with Crippen molar-refractivity contribution in [1.82, 2.24) is 5.32 Å². The van der Waals surface area contributed by atoms with Crippen LogP contribution in [-0.4, -0.2) is 68.5 Å².